The summed E-state index contributed by atoms with van der Waals surface area (Å²) in [7, 11) is -1.05. The molecule has 2 aromatic rings. The highest BCUT2D eigenvalue weighted by Gasteiger charge is 2.13. The Labute approximate surface area is 129 Å². The average molecular weight is 354 g/mol. The van der Waals surface area contributed by atoms with Crippen LogP contribution in [0.25, 0.3) is 10.9 Å². The van der Waals surface area contributed by atoms with Crippen LogP contribution in [0.1, 0.15) is 10.4 Å². The highest BCUT2D eigenvalue weighted by molar-refractivity contribution is 9.10. The molecule has 2 rings (SSSR count). The van der Waals surface area contributed by atoms with Crippen molar-refractivity contribution in [3.63, 3.8) is 0 Å². The maximum absolute atomic E-state index is 11.1. The van der Waals surface area contributed by atoms with E-state index in [9.17, 15) is 4.79 Å². The molecule has 20 heavy (non-hydrogen) atoms. The lowest BCUT2D eigenvalue weighted by Gasteiger charge is -2.15. The number of carbonyl (C=O) groups excluding carboxylic acids is 1. The van der Waals surface area contributed by atoms with Gasteiger partial charge in [-0.2, -0.15) is 0 Å². The largest absolute Gasteiger partial charge is 0.361 e. The molecule has 0 radical (unpaired) electrons. The van der Waals surface area contributed by atoms with E-state index in [2.05, 4.69) is 35.6 Å². The highest BCUT2D eigenvalue weighted by atomic mass is 79.9. The van der Waals surface area contributed by atoms with E-state index in [1.165, 1.54) is 0 Å². The molecule has 0 aliphatic heterocycles. The van der Waals surface area contributed by atoms with Crippen LogP contribution >= 0.6 is 15.9 Å². The molecule has 0 saturated heterocycles. The standard InChI is InChI=1S/C15H20BrNO2Si/c1-20(2,3)7-6-19-11-17-9-12(10-18)14-8-13(16)4-5-15(14)17/h4-5,8-10H,6-7,11H2,1-3H3. The molecule has 0 unspecified atom stereocenters. The molecule has 0 fully saturated rings. The fourth-order valence-electron chi connectivity index (χ4n) is 2.04. The van der Waals surface area contributed by atoms with Gasteiger partial charge in [-0.1, -0.05) is 35.6 Å². The van der Waals surface area contributed by atoms with E-state index in [1.807, 2.05) is 29.0 Å². The molecule has 0 amide bonds. The summed E-state index contributed by atoms with van der Waals surface area (Å²) in [5, 5.41) is 0.961. The molecule has 0 atom stereocenters. The van der Waals surface area contributed by atoms with E-state index in [1.54, 1.807) is 0 Å². The van der Waals surface area contributed by atoms with E-state index in [0.717, 1.165) is 34.3 Å². The number of carbonyl (C=O) groups is 1. The normalized spacial score (nSPS) is 12.0. The van der Waals surface area contributed by atoms with Crippen LogP contribution in [-0.4, -0.2) is 25.5 Å². The van der Waals surface area contributed by atoms with Crippen molar-refractivity contribution in [2.45, 2.75) is 32.4 Å². The third kappa shape index (κ3) is 3.81. The van der Waals surface area contributed by atoms with Gasteiger partial charge < -0.3 is 9.30 Å². The maximum Gasteiger partial charge on any atom is 0.152 e. The lowest BCUT2D eigenvalue weighted by molar-refractivity contribution is 0.0901. The third-order valence-electron chi connectivity index (χ3n) is 3.23. The number of aldehydes is 1. The summed E-state index contributed by atoms with van der Waals surface area (Å²) in [5.74, 6) is 0. The summed E-state index contributed by atoms with van der Waals surface area (Å²) >= 11 is 3.44. The van der Waals surface area contributed by atoms with Crippen molar-refractivity contribution < 1.29 is 9.53 Å². The zero-order valence-electron chi connectivity index (χ0n) is 12.1. The second kappa shape index (κ2) is 6.24. The van der Waals surface area contributed by atoms with Crippen LogP contribution in [0.4, 0.5) is 0 Å². The molecule has 0 N–H and O–H groups in total. The predicted molar refractivity (Wildman–Crippen MR) is 89.1 cm³/mol. The van der Waals surface area contributed by atoms with E-state index in [4.69, 9.17) is 4.74 Å². The van der Waals surface area contributed by atoms with Crippen LogP contribution in [0, 0.1) is 0 Å². The molecule has 108 valence electrons. The third-order valence-corrected chi connectivity index (χ3v) is 5.43. The molecular formula is C15H20BrNO2Si. The lowest BCUT2D eigenvalue weighted by atomic mass is 10.2. The predicted octanol–water partition coefficient (Wildman–Crippen LogP) is 4.53. The van der Waals surface area contributed by atoms with E-state index >= 15 is 0 Å². The van der Waals surface area contributed by atoms with Crippen molar-refractivity contribution in [2.24, 2.45) is 0 Å². The van der Waals surface area contributed by atoms with Gasteiger partial charge in [-0.25, -0.2) is 0 Å². The molecule has 3 nitrogen and oxygen atoms in total. The van der Waals surface area contributed by atoms with Gasteiger partial charge in [-0.05, 0) is 24.2 Å². The fraction of sp³-hybridized carbons (Fsp3) is 0.400. The summed E-state index contributed by atoms with van der Waals surface area (Å²) in [6, 6.07) is 7.11. The van der Waals surface area contributed by atoms with Gasteiger partial charge in [-0.15, -0.1) is 0 Å². The van der Waals surface area contributed by atoms with E-state index in [-0.39, 0.29) is 0 Å². The molecule has 1 aromatic carbocycles. The van der Waals surface area contributed by atoms with Crippen molar-refractivity contribution in [3.05, 3.63) is 34.4 Å². The summed E-state index contributed by atoms with van der Waals surface area (Å²) < 4.78 is 8.74. The molecular weight excluding hydrogens is 334 g/mol. The first-order valence-electron chi connectivity index (χ1n) is 6.72. The Morgan fingerprint density at radius 3 is 2.75 bits per heavy atom. The number of rotatable bonds is 6. The maximum atomic E-state index is 11.1. The number of ether oxygens (including phenoxy) is 1. The topological polar surface area (TPSA) is 31.2 Å². The molecule has 1 aromatic heterocycles. The van der Waals surface area contributed by atoms with Crippen molar-refractivity contribution >= 4 is 41.2 Å². The smallest absolute Gasteiger partial charge is 0.152 e. The van der Waals surface area contributed by atoms with Crippen molar-refractivity contribution in [1.82, 2.24) is 4.57 Å². The number of fused-ring (bicyclic) bond motifs is 1. The minimum atomic E-state index is -1.05. The van der Waals surface area contributed by atoms with Crippen LogP contribution in [0.3, 0.4) is 0 Å². The van der Waals surface area contributed by atoms with Crippen molar-refractivity contribution in [2.75, 3.05) is 6.61 Å². The second-order valence-electron chi connectivity index (χ2n) is 6.18. The van der Waals surface area contributed by atoms with Crippen LogP contribution < -0.4 is 0 Å². The second-order valence-corrected chi connectivity index (χ2v) is 12.7. The van der Waals surface area contributed by atoms with Gasteiger partial charge in [-0.3, -0.25) is 4.79 Å². The monoisotopic (exact) mass is 353 g/mol. The van der Waals surface area contributed by atoms with Crippen LogP contribution in [0.2, 0.25) is 25.7 Å². The number of hydrogen-bond acceptors (Lipinski definition) is 2. The minimum Gasteiger partial charge on any atom is -0.361 e. The Hall–Kier alpha value is -0.913. The van der Waals surface area contributed by atoms with E-state index < -0.39 is 8.07 Å². The Balaban J connectivity index is 2.12. The van der Waals surface area contributed by atoms with Crippen molar-refractivity contribution in [3.8, 4) is 0 Å². The Kier molecular flexibility index (Phi) is 4.83. The molecule has 0 spiro atoms. The van der Waals surface area contributed by atoms with Gasteiger partial charge in [0.25, 0.3) is 0 Å². The quantitative estimate of drug-likeness (QED) is 0.434. The van der Waals surface area contributed by atoms with Gasteiger partial charge in [0.2, 0.25) is 0 Å². The number of hydrogen-bond donors (Lipinski definition) is 0. The van der Waals surface area contributed by atoms with Gasteiger partial charge in [0.05, 0.1) is 5.52 Å². The number of nitrogens with zero attached hydrogens (tertiary/aromatic N) is 1. The first kappa shape index (κ1) is 15.5. The number of halogens is 1. The summed E-state index contributed by atoms with van der Waals surface area (Å²) in [6.45, 7) is 8.29. The molecule has 0 aliphatic rings. The number of benzene rings is 1. The zero-order chi connectivity index (χ0) is 14.8. The fourth-order valence-corrected chi connectivity index (χ4v) is 3.16. The van der Waals surface area contributed by atoms with Gasteiger partial charge in [0.1, 0.15) is 6.73 Å². The lowest BCUT2D eigenvalue weighted by Crippen LogP contribution is -2.21. The minimum absolute atomic E-state index is 0.496. The first-order valence-corrected chi connectivity index (χ1v) is 11.2. The first-order chi connectivity index (χ1) is 9.40. The van der Waals surface area contributed by atoms with Gasteiger partial charge >= 0.3 is 0 Å². The average Bonchev–Trinajstić information content (AvgIpc) is 2.71. The summed E-state index contributed by atoms with van der Waals surface area (Å²) in [6.07, 6.45) is 2.76. The Morgan fingerprint density at radius 2 is 2.10 bits per heavy atom. The molecule has 0 bridgehead atoms. The Morgan fingerprint density at radius 1 is 1.35 bits per heavy atom. The Bertz CT molecular complexity index is 616. The number of aromatic nitrogens is 1. The summed E-state index contributed by atoms with van der Waals surface area (Å²) in [5.41, 5.74) is 1.73. The van der Waals surface area contributed by atoms with E-state index in [0.29, 0.717) is 12.3 Å². The zero-order valence-corrected chi connectivity index (χ0v) is 14.7. The van der Waals surface area contributed by atoms with Crippen molar-refractivity contribution in [1.29, 1.82) is 0 Å². The van der Waals surface area contributed by atoms with Crippen LogP contribution in [-0.2, 0) is 11.5 Å². The van der Waals surface area contributed by atoms with Gasteiger partial charge in [0.15, 0.2) is 6.29 Å². The molecule has 0 aliphatic carbocycles. The van der Waals surface area contributed by atoms with Crippen LogP contribution in [0.15, 0.2) is 28.9 Å². The van der Waals surface area contributed by atoms with Crippen LogP contribution in [0.5, 0.6) is 0 Å². The molecule has 5 heteroatoms. The van der Waals surface area contributed by atoms with Gasteiger partial charge in [0, 0.05) is 36.3 Å². The SMILES string of the molecule is C[Si](C)(C)CCOCn1cc(C=O)c2cc(Br)ccc21. The summed E-state index contributed by atoms with van der Waals surface area (Å²) in [4.78, 5) is 11.1. The highest BCUT2D eigenvalue weighted by Crippen LogP contribution is 2.24. The molecule has 0 saturated carbocycles. The molecule has 1 heterocycles.